The standard InChI is InChI=1S/C13H11F6N2/c1-20-8-21(9-5-3-2-4-6-9)11(13(17,18)19)7-10(20)12(14,15)16/h2-7H,8H2,1H3/q+1. The predicted molar refractivity (Wildman–Crippen MR) is 65.2 cm³/mol. The van der Waals surface area contributed by atoms with E-state index in [1.54, 1.807) is 6.07 Å². The first-order chi connectivity index (χ1) is 9.60. The summed E-state index contributed by atoms with van der Waals surface area (Å²) in [5, 5.41) is 0. The molecule has 114 valence electrons. The summed E-state index contributed by atoms with van der Waals surface area (Å²) >= 11 is 0. The Bertz CT molecular complexity index is 583. The third kappa shape index (κ3) is 3.20. The van der Waals surface area contributed by atoms with Crippen molar-refractivity contribution in [3.63, 3.8) is 0 Å². The van der Waals surface area contributed by atoms with Crippen LogP contribution >= 0.6 is 0 Å². The van der Waals surface area contributed by atoms with Crippen molar-refractivity contribution in [2.24, 2.45) is 0 Å². The second-order valence-corrected chi connectivity index (χ2v) is 4.51. The number of hydrogen-bond donors (Lipinski definition) is 0. The third-order valence-electron chi connectivity index (χ3n) is 2.98. The molecular weight excluding hydrogens is 298 g/mol. The van der Waals surface area contributed by atoms with Gasteiger partial charge in [0.2, 0.25) is 6.67 Å². The average molecular weight is 309 g/mol. The molecule has 0 saturated carbocycles. The van der Waals surface area contributed by atoms with Gasteiger partial charge in [-0.05, 0) is 12.1 Å². The third-order valence-corrected chi connectivity index (χ3v) is 2.98. The van der Waals surface area contributed by atoms with E-state index < -0.39 is 30.4 Å². The molecule has 0 atom stereocenters. The largest absolute Gasteiger partial charge is 0.477 e. The van der Waals surface area contributed by atoms with E-state index >= 15 is 0 Å². The zero-order valence-electron chi connectivity index (χ0n) is 10.8. The van der Waals surface area contributed by atoms with Crippen molar-refractivity contribution in [2.45, 2.75) is 12.4 Å². The number of hydrogen-bond acceptors (Lipinski definition) is 1. The molecule has 2 nitrogen and oxygen atoms in total. The molecule has 1 aromatic rings. The maximum absolute atomic E-state index is 13.1. The van der Waals surface area contributed by atoms with Crippen molar-refractivity contribution in [1.82, 2.24) is 0 Å². The first-order valence-electron chi connectivity index (χ1n) is 5.87. The van der Waals surface area contributed by atoms with E-state index in [0.29, 0.717) is 0 Å². The van der Waals surface area contributed by atoms with Gasteiger partial charge in [0.05, 0.1) is 0 Å². The van der Waals surface area contributed by atoms with Gasteiger partial charge in [-0.25, -0.2) is 4.58 Å². The number of rotatable bonds is 1. The molecule has 0 radical (unpaired) electrons. The van der Waals surface area contributed by atoms with Crippen LogP contribution in [0.2, 0.25) is 0 Å². The Hall–Kier alpha value is -1.99. The quantitative estimate of drug-likeness (QED) is 0.568. The number of nitrogens with zero attached hydrogens (tertiary/aromatic N) is 2. The predicted octanol–water partition coefficient (Wildman–Crippen LogP) is 3.56. The molecule has 0 amide bonds. The summed E-state index contributed by atoms with van der Waals surface area (Å²) in [5.74, 6) is 0. The molecular formula is C13H11F6N2+. The van der Waals surface area contributed by atoms with Gasteiger partial charge in [-0.15, -0.1) is 0 Å². The normalized spacial score (nSPS) is 17.1. The van der Waals surface area contributed by atoms with Crippen molar-refractivity contribution in [3.8, 4) is 0 Å². The monoisotopic (exact) mass is 309 g/mol. The van der Waals surface area contributed by atoms with Crippen LogP contribution in [0.3, 0.4) is 0 Å². The van der Waals surface area contributed by atoms with E-state index in [-0.39, 0.29) is 11.8 Å². The van der Waals surface area contributed by atoms with Gasteiger partial charge in [0.15, 0.2) is 0 Å². The Kier molecular flexibility index (Phi) is 3.73. The van der Waals surface area contributed by atoms with E-state index in [2.05, 4.69) is 0 Å². The van der Waals surface area contributed by atoms with Crippen molar-refractivity contribution >= 4 is 11.4 Å². The zero-order valence-corrected chi connectivity index (χ0v) is 10.8. The molecule has 0 N–H and O–H groups in total. The molecule has 0 aromatic heterocycles. The Morgan fingerprint density at radius 2 is 1.52 bits per heavy atom. The van der Waals surface area contributed by atoms with Gasteiger partial charge in [-0.1, -0.05) is 18.2 Å². The Morgan fingerprint density at radius 3 is 2.00 bits per heavy atom. The van der Waals surface area contributed by atoms with E-state index in [4.69, 9.17) is 0 Å². The first-order valence-corrected chi connectivity index (χ1v) is 5.87. The number of allylic oxidation sites excluding steroid dienone is 2. The van der Waals surface area contributed by atoms with Gasteiger partial charge in [-0.3, -0.25) is 4.90 Å². The molecule has 2 rings (SSSR count). The molecule has 0 spiro atoms. The minimum atomic E-state index is -4.88. The van der Waals surface area contributed by atoms with Crippen LogP contribution in [0.25, 0.3) is 0 Å². The minimum absolute atomic E-state index is 0.135. The van der Waals surface area contributed by atoms with Crippen LogP contribution < -0.4 is 4.90 Å². The van der Waals surface area contributed by atoms with E-state index in [1.165, 1.54) is 24.3 Å². The number of alkyl halides is 6. The van der Waals surface area contributed by atoms with E-state index in [0.717, 1.165) is 16.5 Å². The Morgan fingerprint density at radius 1 is 0.952 bits per heavy atom. The molecule has 1 aliphatic rings. The number of para-hydroxylation sites is 1. The fraction of sp³-hybridized carbons (Fsp3) is 0.308. The first kappa shape index (κ1) is 15.4. The summed E-state index contributed by atoms with van der Waals surface area (Å²) < 4.78 is 78.2. The minimum Gasteiger partial charge on any atom is -0.281 e. The average Bonchev–Trinajstić information content (AvgIpc) is 2.36. The molecule has 0 bridgehead atoms. The highest BCUT2D eigenvalue weighted by Gasteiger charge is 2.49. The van der Waals surface area contributed by atoms with Crippen LogP contribution in [0.1, 0.15) is 0 Å². The topological polar surface area (TPSA) is 6.25 Å². The highest BCUT2D eigenvalue weighted by atomic mass is 19.4. The summed E-state index contributed by atoms with van der Waals surface area (Å²) in [6, 6.07) is 7.47. The van der Waals surface area contributed by atoms with Crippen LogP contribution in [-0.2, 0) is 0 Å². The summed E-state index contributed by atoms with van der Waals surface area (Å²) in [5.41, 5.74) is -2.48. The van der Waals surface area contributed by atoms with Gasteiger partial charge in [0.1, 0.15) is 12.7 Å². The van der Waals surface area contributed by atoms with Crippen molar-refractivity contribution in [1.29, 1.82) is 0 Å². The molecule has 1 aliphatic heterocycles. The molecule has 1 heterocycles. The van der Waals surface area contributed by atoms with Crippen LogP contribution in [0.4, 0.5) is 32.0 Å². The fourth-order valence-electron chi connectivity index (χ4n) is 2.04. The van der Waals surface area contributed by atoms with Gasteiger partial charge in [0.25, 0.3) is 5.71 Å². The maximum atomic E-state index is 13.1. The fourth-order valence-corrected chi connectivity index (χ4v) is 2.04. The second kappa shape index (κ2) is 5.09. The highest BCUT2D eigenvalue weighted by molar-refractivity contribution is 5.97. The summed E-state index contributed by atoms with van der Waals surface area (Å²) in [7, 11) is 1.10. The summed E-state index contributed by atoms with van der Waals surface area (Å²) in [6.45, 7) is -0.538. The molecule has 1 aromatic carbocycles. The van der Waals surface area contributed by atoms with Gasteiger partial charge in [-0.2, -0.15) is 26.3 Å². The lowest BCUT2D eigenvalue weighted by molar-refractivity contribution is -0.504. The molecule has 0 aliphatic carbocycles. The number of benzene rings is 1. The van der Waals surface area contributed by atoms with Crippen LogP contribution in [0.5, 0.6) is 0 Å². The van der Waals surface area contributed by atoms with Crippen LogP contribution in [0.15, 0.2) is 42.1 Å². The lowest BCUT2D eigenvalue weighted by atomic mass is 10.2. The lowest BCUT2D eigenvalue weighted by Crippen LogP contribution is -2.46. The Balaban J connectivity index is 2.53. The van der Waals surface area contributed by atoms with Crippen molar-refractivity contribution < 1.29 is 30.9 Å². The van der Waals surface area contributed by atoms with Crippen molar-refractivity contribution in [2.75, 3.05) is 18.6 Å². The van der Waals surface area contributed by atoms with E-state index in [1.807, 2.05) is 0 Å². The van der Waals surface area contributed by atoms with Crippen LogP contribution in [-0.4, -0.2) is 36.4 Å². The molecule has 21 heavy (non-hydrogen) atoms. The lowest BCUT2D eigenvalue weighted by Gasteiger charge is -2.29. The highest BCUT2D eigenvalue weighted by Crippen LogP contribution is 2.35. The van der Waals surface area contributed by atoms with Crippen molar-refractivity contribution in [3.05, 3.63) is 42.1 Å². The number of anilines is 1. The second-order valence-electron chi connectivity index (χ2n) is 4.51. The number of halogens is 6. The Labute approximate surface area is 116 Å². The van der Waals surface area contributed by atoms with Gasteiger partial charge >= 0.3 is 12.4 Å². The molecule has 0 unspecified atom stereocenters. The SMILES string of the molecule is C[N+]1=C(C(F)(F)F)C=C(C(F)(F)F)N(c2ccccc2)C1. The maximum Gasteiger partial charge on any atom is 0.477 e. The van der Waals surface area contributed by atoms with Gasteiger partial charge in [0, 0.05) is 11.8 Å². The molecule has 8 heteroatoms. The zero-order chi connectivity index (χ0) is 15.8. The van der Waals surface area contributed by atoms with Gasteiger partial charge < -0.3 is 0 Å². The smallest absolute Gasteiger partial charge is 0.281 e. The summed E-state index contributed by atoms with van der Waals surface area (Å²) in [6.07, 6.45) is -9.59. The molecule has 0 fully saturated rings. The van der Waals surface area contributed by atoms with Crippen LogP contribution in [0, 0.1) is 0 Å². The van der Waals surface area contributed by atoms with E-state index in [9.17, 15) is 26.3 Å². The molecule has 0 saturated heterocycles. The summed E-state index contributed by atoms with van der Waals surface area (Å²) in [4.78, 5) is 0.801.